The van der Waals surface area contributed by atoms with Gasteiger partial charge in [-0.1, -0.05) is 6.07 Å². The summed E-state index contributed by atoms with van der Waals surface area (Å²) in [5.41, 5.74) is 0.824. The van der Waals surface area contributed by atoms with Gasteiger partial charge in [0.15, 0.2) is 0 Å². The average Bonchev–Trinajstić information content (AvgIpc) is 2.39. The molecule has 0 bridgehead atoms. The highest BCUT2D eigenvalue weighted by Gasteiger charge is 2.15. The zero-order valence-corrected chi connectivity index (χ0v) is 11.3. The maximum atomic E-state index is 9.78. The number of hydrogen-bond acceptors (Lipinski definition) is 5. The van der Waals surface area contributed by atoms with E-state index < -0.39 is 6.10 Å². The number of aliphatic hydroxyl groups is 1. The molecule has 0 fully saturated rings. The topological polar surface area (TPSA) is 54.8 Å². The summed E-state index contributed by atoms with van der Waals surface area (Å²) in [7, 11) is 3.34. The van der Waals surface area contributed by atoms with Crippen molar-refractivity contribution in [3.05, 3.63) is 23.9 Å². The van der Waals surface area contributed by atoms with E-state index in [0.29, 0.717) is 13.2 Å². The van der Waals surface area contributed by atoms with Crippen molar-refractivity contribution in [1.82, 2.24) is 4.98 Å². The Balaban J connectivity index is 2.88. The van der Waals surface area contributed by atoms with E-state index >= 15 is 0 Å². The molecule has 1 rings (SSSR count). The zero-order valence-electron chi connectivity index (χ0n) is 11.3. The number of ether oxygens (including phenoxy) is 2. The van der Waals surface area contributed by atoms with E-state index in [4.69, 9.17) is 9.47 Å². The third-order valence-corrected chi connectivity index (χ3v) is 2.70. The first-order chi connectivity index (χ1) is 8.70. The molecule has 0 amide bonds. The van der Waals surface area contributed by atoms with Crippen LogP contribution in [0.5, 0.6) is 0 Å². The predicted molar refractivity (Wildman–Crippen MR) is 70.8 cm³/mol. The van der Waals surface area contributed by atoms with Gasteiger partial charge < -0.3 is 19.5 Å². The van der Waals surface area contributed by atoms with Crippen LogP contribution in [0.25, 0.3) is 0 Å². The SMILES string of the molecule is COCCN(CCOC)c1ncccc1C(C)O. The van der Waals surface area contributed by atoms with E-state index in [1.807, 2.05) is 12.1 Å². The highest BCUT2D eigenvalue weighted by Crippen LogP contribution is 2.23. The fourth-order valence-electron chi connectivity index (χ4n) is 1.73. The third-order valence-electron chi connectivity index (χ3n) is 2.70. The summed E-state index contributed by atoms with van der Waals surface area (Å²) in [6.07, 6.45) is 1.19. The minimum Gasteiger partial charge on any atom is -0.389 e. The number of pyridine rings is 1. The molecular weight excluding hydrogens is 232 g/mol. The van der Waals surface area contributed by atoms with E-state index in [0.717, 1.165) is 24.5 Å². The molecule has 0 aromatic carbocycles. The fraction of sp³-hybridized carbons (Fsp3) is 0.615. The molecule has 5 nitrogen and oxygen atoms in total. The minimum absolute atomic E-state index is 0.540. The monoisotopic (exact) mass is 254 g/mol. The van der Waals surface area contributed by atoms with Gasteiger partial charge in [0.2, 0.25) is 0 Å². The standard InChI is InChI=1S/C13H22N2O3/c1-11(16)12-5-4-6-14-13(12)15(7-9-17-2)8-10-18-3/h4-6,11,16H,7-10H2,1-3H3. The molecule has 102 valence electrons. The Morgan fingerprint density at radius 3 is 2.39 bits per heavy atom. The number of nitrogens with zero attached hydrogens (tertiary/aromatic N) is 2. The van der Waals surface area contributed by atoms with Gasteiger partial charge in [0.25, 0.3) is 0 Å². The van der Waals surface area contributed by atoms with Gasteiger partial charge in [0.1, 0.15) is 5.82 Å². The normalized spacial score (nSPS) is 12.4. The second kappa shape index (κ2) is 8.02. The van der Waals surface area contributed by atoms with Gasteiger partial charge >= 0.3 is 0 Å². The molecule has 1 unspecified atom stereocenters. The molecule has 0 spiro atoms. The Kier molecular flexibility index (Phi) is 6.64. The minimum atomic E-state index is -0.540. The number of methoxy groups -OCH3 is 2. The molecule has 5 heteroatoms. The molecular formula is C13H22N2O3. The first-order valence-electron chi connectivity index (χ1n) is 6.06. The van der Waals surface area contributed by atoms with Gasteiger partial charge in [0, 0.05) is 39.1 Å². The Hall–Kier alpha value is -1.17. The molecule has 0 aliphatic heterocycles. The summed E-state index contributed by atoms with van der Waals surface area (Å²) in [6.45, 7) is 4.40. The lowest BCUT2D eigenvalue weighted by Crippen LogP contribution is -2.32. The highest BCUT2D eigenvalue weighted by molar-refractivity contribution is 5.47. The Morgan fingerprint density at radius 2 is 1.89 bits per heavy atom. The Bertz CT molecular complexity index is 337. The second-order valence-electron chi connectivity index (χ2n) is 4.06. The summed E-state index contributed by atoms with van der Waals surface area (Å²) in [5.74, 6) is 0.793. The summed E-state index contributed by atoms with van der Waals surface area (Å²) in [5, 5.41) is 9.78. The Morgan fingerprint density at radius 1 is 1.28 bits per heavy atom. The molecule has 0 radical (unpaired) electrons. The zero-order chi connectivity index (χ0) is 13.4. The number of aliphatic hydroxyl groups excluding tert-OH is 1. The van der Waals surface area contributed by atoms with Gasteiger partial charge in [-0.2, -0.15) is 0 Å². The molecule has 0 saturated heterocycles. The molecule has 0 aliphatic rings. The lowest BCUT2D eigenvalue weighted by atomic mass is 10.1. The summed E-state index contributed by atoms with van der Waals surface area (Å²) in [4.78, 5) is 6.43. The second-order valence-corrected chi connectivity index (χ2v) is 4.06. The first kappa shape index (κ1) is 14.9. The summed E-state index contributed by atoms with van der Waals surface area (Å²) >= 11 is 0. The van der Waals surface area contributed by atoms with Gasteiger partial charge in [-0.25, -0.2) is 4.98 Å². The van der Waals surface area contributed by atoms with Crippen LogP contribution < -0.4 is 4.90 Å². The molecule has 1 N–H and O–H groups in total. The van der Waals surface area contributed by atoms with Crippen LogP contribution in [-0.4, -0.2) is 50.6 Å². The van der Waals surface area contributed by atoms with E-state index in [9.17, 15) is 5.11 Å². The first-order valence-corrected chi connectivity index (χ1v) is 6.06. The van der Waals surface area contributed by atoms with Crippen LogP contribution >= 0.6 is 0 Å². The van der Waals surface area contributed by atoms with Crippen LogP contribution in [0.15, 0.2) is 18.3 Å². The molecule has 18 heavy (non-hydrogen) atoms. The maximum Gasteiger partial charge on any atom is 0.134 e. The van der Waals surface area contributed by atoms with Crippen molar-refractivity contribution >= 4 is 5.82 Å². The molecule has 1 atom stereocenters. The number of hydrogen-bond donors (Lipinski definition) is 1. The summed E-state index contributed by atoms with van der Waals surface area (Å²) < 4.78 is 10.2. The van der Waals surface area contributed by atoms with Crippen LogP contribution in [-0.2, 0) is 9.47 Å². The third kappa shape index (κ3) is 4.25. The highest BCUT2D eigenvalue weighted by atomic mass is 16.5. The van der Waals surface area contributed by atoms with Gasteiger partial charge in [-0.15, -0.1) is 0 Å². The largest absolute Gasteiger partial charge is 0.389 e. The van der Waals surface area contributed by atoms with Crippen molar-refractivity contribution in [3.63, 3.8) is 0 Å². The number of rotatable bonds is 8. The van der Waals surface area contributed by atoms with Crippen molar-refractivity contribution in [1.29, 1.82) is 0 Å². The predicted octanol–water partition coefficient (Wildman–Crippen LogP) is 1.23. The molecule has 1 aromatic heterocycles. The van der Waals surface area contributed by atoms with Crippen LogP contribution in [0.3, 0.4) is 0 Å². The van der Waals surface area contributed by atoms with E-state index in [-0.39, 0.29) is 0 Å². The lowest BCUT2D eigenvalue weighted by Gasteiger charge is -2.26. The van der Waals surface area contributed by atoms with Crippen molar-refractivity contribution in [2.24, 2.45) is 0 Å². The fourth-order valence-corrected chi connectivity index (χ4v) is 1.73. The van der Waals surface area contributed by atoms with Gasteiger partial charge in [-0.3, -0.25) is 0 Å². The van der Waals surface area contributed by atoms with Gasteiger partial charge in [0.05, 0.1) is 19.3 Å². The van der Waals surface area contributed by atoms with Gasteiger partial charge in [-0.05, 0) is 13.0 Å². The molecule has 1 aromatic rings. The smallest absolute Gasteiger partial charge is 0.134 e. The number of anilines is 1. The van der Waals surface area contributed by atoms with Crippen molar-refractivity contribution in [3.8, 4) is 0 Å². The summed E-state index contributed by atoms with van der Waals surface area (Å²) in [6, 6.07) is 3.72. The lowest BCUT2D eigenvalue weighted by molar-refractivity contribution is 0.187. The van der Waals surface area contributed by atoms with Crippen molar-refractivity contribution in [2.75, 3.05) is 45.4 Å². The maximum absolute atomic E-state index is 9.78. The Labute approximate surface area is 108 Å². The quantitative estimate of drug-likeness (QED) is 0.756. The molecule has 0 aliphatic carbocycles. The molecule has 0 saturated carbocycles. The van der Waals surface area contributed by atoms with Crippen LogP contribution in [0, 0.1) is 0 Å². The van der Waals surface area contributed by atoms with E-state index in [1.165, 1.54) is 0 Å². The van der Waals surface area contributed by atoms with Crippen LogP contribution in [0.2, 0.25) is 0 Å². The van der Waals surface area contributed by atoms with Crippen molar-refractivity contribution < 1.29 is 14.6 Å². The van der Waals surface area contributed by atoms with E-state index in [2.05, 4.69) is 9.88 Å². The van der Waals surface area contributed by atoms with E-state index in [1.54, 1.807) is 27.3 Å². The van der Waals surface area contributed by atoms with Crippen molar-refractivity contribution in [2.45, 2.75) is 13.0 Å². The number of aromatic nitrogens is 1. The van der Waals surface area contributed by atoms with Crippen LogP contribution in [0.4, 0.5) is 5.82 Å². The molecule has 1 heterocycles. The van der Waals surface area contributed by atoms with Crippen LogP contribution in [0.1, 0.15) is 18.6 Å². The average molecular weight is 254 g/mol.